The third-order valence-corrected chi connectivity index (χ3v) is 6.00. The van der Waals surface area contributed by atoms with E-state index in [1.165, 1.54) is 4.31 Å². The van der Waals surface area contributed by atoms with Gasteiger partial charge in [0.1, 0.15) is 11.6 Å². The summed E-state index contributed by atoms with van der Waals surface area (Å²) in [6, 6.07) is 14.2. The van der Waals surface area contributed by atoms with Gasteiger partial charge in [-0.15, -0.1) is 0 Å². The second-order valence-electron chi connectivity index (χ2n) is 5.70. The smallest absolute Gasteiger partial charge is 0.243 e. The Hall–Kier alpha value is -2.38. The summed E-state index contributed by atoms with van der Waals surface area (Å²) in [5, 5.41) is 0. The molecule has 0 radical (unpaired) electrons. The molecular weight excluding hydrogens is 338 g/mol. The van der Waals surface area contributed by atoms with Gasteiger partial charge in [0.25, 0.3) is 0 Å². The molecule has 2 aromatic carbocycles. The molecule has 0 N–H and O–H groups in total. The SMILES string of the molecule is CCn1c(CN(C)S(=O)(=O)c2ccc(OC)cc2)nc2ccccc21. The molecule has 1 aromatic heterocycles. The van der Waals surface area contributed by atoms with E-state index in [2.05, 4.69) is 4.98 Å². The van der Waals surface area contributed by atoms with E-state index in [1.807, 2.05) is 35.8 Å². The van der Waals surface area contributed by atoms with Gasteiger partial charge >= 0.3 is 0 Å². The molecule has 0 bridgehead atoms. The summed E-state index contributed by atoms with van der Waals surface area (Å²) in [6.45, 7) is 2.96. The van der Waals surface area contributed by atoms with Crippen molar-refractivity contribution in [2.45, 2.75) is 24.9 Å². The van der Waals surface area contributed by atoms with Crippen LogP contribution in [0, 0.1) is 0 Å². The van der Waals surface area contributed by atoms with Crippen LogP contribution in [0.15, 0.2) is 53.4 Å². The molecule has 25 heavy (non-hydrogen) atoms. The maximum Gasteiger partial charge on any atom is 0.243 e. The molecule has 0 aliphatic carbocycles. The molecule has 0 unspecified atom stereocenters. The molecule has 0 fully saturated rings. The van der Waals surface area contributed by atoms with Crippen molar-refractivity contribution in [3.05, 3.63) is 54.4 Å². The Morgan fingerprint density at radius 3 is 2.44 bits per heavy atom. The number of aryl methyl sites for hydroxylation is 1. The molecule has 0 atom stereocenters. The third-order valence-electron chi connectivity index (χ3n) is 4.18. The van der Waals surface area contributed by atoms with Crippen molar-refractivity contribution in [2.24, 2.45) is 0 Å². The molecular formula is C18H21N3O3S. The van der Waals surface area contributed by atoms with E-state index in [9.17, 15) is 8.42 Å². The molecule has 0 aliphatic rings. The predicted octanol–water partition coefficient (Wildman–Crippen LogP) is 2.89. The maximum atomic E-state index is 12.8. The van der Waals surface area contributed by atoms with Crippen LogP contribution in [-0.2, 0) is 23.1 Å². The first kappa shape index (κ1) is 17.4. The van der Waals surface area contributed by atoms with Gasteiger partial charge in [-0.25, -0.2) is 13.4 Å². The van der Waals surface area contributed by atoms with E-state index in [1.54, 1.807) is 38.4 Å². The van der Waals surface area contributed by atoms with Gasteiger partial charge < -0.3 is 9.30 Å². The van der Waals surface area contributed by atoms with Crippen LogP contribution in [0.3, 0.4) is 0 Å². The zero-order valence-electron chi connectivity index (χ0n) is 14.5. The Bertz CT molecular complexity index is 978. The van der Waals surface area contributed by atoms with Crippen molar-refractivity contribution < 1.29 is 13.2 Å². The van der Waals surface area contributed by atoms with E-state index >= 15 is 0 Å². The molecule has 3 aromatic rings. The van der Waals surface area contributed by atoms with Crippen molar-refractivity contribution in [2.75, 3.05) is 14.2 Å². The molecule has 6 nitrogen and oxygen atoms in total. The number of sulfonamides is 1. The Morgan fingerprint density at radius 1 is 1.12 bits per heavy atom. The Labute approximate surface area is 147 Å². The number of rotatable bonds is 6. The first-order chi connectivity index (χ1) is 12.0. The van der Waals surface area contributed by atoms with Gasteiger partial charge in [0.05, 0.1) is 29.6 Å². The molecule has 132 valence electrons. The van der Waals surface area contributed by atoms with Crippen LogP contribution in [0.1, 0.15) is 12.7 Å². The van der Waals surface area contributed by atoms with E-state index in [4.69, 9.17) is 4.74 Å². The highest BCUT2D eigenvalue weighted by Crippen LogP contribution is 2.22. The highest BCUT2D eigenvalue weighted by atomic mass is 32.2. The van der Waals surface area contributed by atoms with Gasteiger partial charge in [0, 0.05) is 13.6 Å². The monoisotopic (exact) mass is 359 g/mol. The first-order valence-electron chi connectivity index (χ1n) is 8.02. The standard InChI is InChI=1S/C18H21N3O3S/c1-4-21-17-8-6-5-7-16(17)19-18(21)13-20(2)25(22,23)15-11-9-14(24-3)10-12-15/h5-12H,4,13H2,1-3H3. The molecule has 0 aliphatic heterocycles. The molecule has 7 heteroatoms. The first-order valence-corrected chi connectivity index (χ1v) is 9.46. The lowest BCUT2D eigenvalue weighted by molar-refractivity contribution is 0.414. The summed E-state index contributed by atoms with van der Waals surface area (Å²) >= 11 is 0. The van der Waals surface area contributed by atoms with Crippen LogP contribution >= 0.6 is 0 Å². The number of imidazole rings is 1. The molecule has 0 amide bonds. The number of hydrogen-bond acceptors (Lipinski definition) is 4. The van der Waals surface area contributed by atoms with Gasteiger partial charge in [-0.2, -0.15) is 4.31 Å². The van der Waals surface area contributed by atoms with Crippen molar-refractivity contribution in [3.8, 4) is 5.75 Å². The molecule has 3 rings (SSSR count). The topological polar surface area (TPSA) is 64.4 Å². The summed E-state index contributed by atoms with van der Waals surface area (Å²) in [5.74, 6) is 1.35. The molecule has 0 saturated heterocycles. The summed E-state index contributed by atoms with van der Waals surface area (Å²) in [7, 11) is -0.485. The Balaban J connectivity index is 1.91. The summed E-state index contributed by atoms with van der Waals surface area (Å²) in [6.07, 6.45) is 0. The molecule has 0 spiro atoms. The maximum absolute atomic E-state index is 12.8. The number of aromatic nitrogens is 2. The van der Waals surface area contributed by atoms with Crippen molar-refractivity contribution in [1.82, 2.24) is 13.9 Å². The normalized spacial score (nSPS) is 12.0. The van der Waals surface area contributed by atoms with Crippen molar-refractivity contribution in [3.63, 3.8) is 0 Å². The fourth-order valence-corrected chi connectivity index (χ4v) is 3.94. The van der Waals surface area contributed by atoms with Gasteiger partial charge in [0.2, 0.25) is 10.0 Å². The molecule has 0 saturated carbocycles. The zero-order valence-corrected chi connectivity index (χ0v) is 15.3. The quantitative estimate of drug-likeness (QED) is 0.679. The number of para-hydroxylation sites is 2. The van der Waals surface area contributed by atoms with E-state index in [-0.39, 0.29) is 11.4 Å². The van der Waals surface area contributed by atoms with Crippen LogP contribution in [0.4, 0.5) is 0 Å². The van der Waals surface area contributed by atoms with Gasteiger partial charge in [-0.1, -0.05) is 12.1 Å². The lowest BCUT2D eigenvalue weighted by atomic mass is 10.3. The largest absolute Gasteiger partial charge is 0.497 e. The highest BCUT2D eigenvalue weighted by molar-refractivity contribution is 7.89. The van der Waals surface area contributed by atoms with Crippen LogP contribution < -0.4 is 4.74 Å². The third kappa shape index (κ3) is 3.25. The zero-order chi connectivity index (χ0) is 18.0. The van der Waals surface area contributed by atoms with Crippen LogP contribution in [0.5, 0.6) is 5.75 Å². The average molecular weight is 359 g/mol. The fourth-order valence-electron chi connectivity index (χ4n) is 2.81. The average Bonchev–Trinajstić information content (AvgIpc) is 2.98. The number of nitrogens with zero attached hydrogens (tertiary/aromatic N) is 3. The van der Waals surface area contributed by atoms with Crippen LogP contribution in [0.2, 0.25) is 0 Å². The van der Waals surface area contributed by atoms with Crippen molar-refractivity contribution in [1.29, 1.82) is 0 Å². The number of hydrogen-bond donors (Lipinski definition) is 0. The Morgan fingerprint density at radius 2 is 1.80 bits per heavy atom. The number of ether oxygens (including phenoxy) is 1. The second kappa shape index (κ2) is 6.85. The van der Waals surface area contributed by atoms with E-state index in [0.29, 0.717) is 5.75 Å². The molecule has 1 heterocycles. The minimum atomic E-state index is -3.60. The van der Waals surface area contributed by atoms with Crippen LogP contribution in [-0.4, -0.2) is 36.4 Å². The number of benzene rings is 2. The van der Waals surface area contributed by atoms with Gasteiger partial charge in [-0.05, 0) is 43.3 Å². The second-order valence-corrected chi connectivity index (χ2v) is 7.74. The lowest BCUT2D eigenvalue weighted by Crippen LogP contribution is -2.28. The minimum Gasteiger partial charge on any atom is -0.497 e. The van der Waals surface area contributed by atoms with E-state index < -0.39 is 10.0 Å². The van der Waals surface area contributed by atoms with Gasteiger partial charge in [0.15, 0.2) is 0 Å². The summed E-state index contributed by atoms with van der Waals surface area (Å²) < 4.78 is 34.0. The lowest BCUT2D eigenvalue weighted by Gasteiger charge is -2.17. The van der Waals surface area contributed by atoms with Gasteiger partial charge in [-0.3, -0.25) is 0 Å². The van der Waals surface area contributed by atoms with Crippen LogP contribution in [0.25, 0.3) is 11.0 Å². The minimum absolute atomic E-state index is 0.205. The van der Waals surface area contributed by atoms with E-state index in [0.717, 1.165) is 23.4 Å². The summed E-state index contributed by atoms with van der Waals surface area (Å²) in [5.41, 5.74) is 1.88. The number of fused-ring (bicyclic) bond motifs is 1. The predicted molar refractivity (Wildman–Crippen MR) is 97.1 cm³/mol. The van der Waals surface area contributed by atoms with Crippen molar-refractivity contribution >= 4 is 21.1 Å². The highest BCUT2D eigenvalue weighted by Gasteiger charge is 2.23. The fraction of sp³-hybridized carbons (Fsp3) is 0.278. The summed E-state index contributed by atoms with van der Waals surface area (Å²) in [4.78, 5) is 4.83. The Kier molecular flexibility index (Phi) is 4.78. The number of methoxy groups -OCH3 is 1.